The number of anilines is 1. The fraction of sp³-hybridized carbons (Fsp3) is 0.571. The number of ether oxygens (including phenoxy) is 2. The van der Waals surface area contributed by atoms with Crippen molar-refractivity contribution in [3.8, 4) is 5.75 Å². The number of amides is 1. The van der Waals surface area contributed by atoms with Crippen LogP contribution in [-0.2, 0) is 22.1 Å². The highest BCUT2D eigenvalue weighted by Gasteiger charge is 2.38. The van der Waals surface area contributed by atoms with Gasteiger partial charge in [0.05, 0.1) is 18.9 Å². The number of aliphatic hydroxyl groups is 1. The SMILES string of the molecule is CC/C=C/C(COC)C1CCC1CN1CC(c2ccc(Cl)cc2CCC)COc2ccc(C(=O)NS(=O)C(C)C)cc21.CO. The molecule has 4 rings (SSSR count). The molecule has 0 aromatic heterocycles. The number of aryl methyl sites for hydroxylation is 1. The van der Waals surface area contributed by atoms with Crippen LogP contribution in [0.15, 0.2) is 48.6 Å². The van der Waals surface area contributed by atoms with Gasteiger partial charge in [0.1, 0.15) is 16.7 Å². The zero-order valence-corrected chi connectivity index (χ0v) is 28.8. The number of aliphatic hydroxyl groups excluding tert-OH is 1. The minimum absolute atomic E-state index is 0.148. The fourth-order valence-electron chi connectivity index (χ4n) is 6.22. The molecule has 1 amide bonds. The predicted molar refractivity (Wildman–Crippen MR) is 182 cm³/mol. The minimum Gasteiger partial charge on any atom is -0.491 e. The summed E-state index contributed by atoms with van der Waals surface area (Å²) in [6.07, 6.45) is 9.97. The average molecular weight is 647 g/mol. The maximum absolute atomic E-state index is 13.1. The Morgan fingerprint density at radius 1 is 1.20 bits per heavy atom. The molecular weight excluding hydrogens is 596 g/mol. The van der Waals surface area contributed by atoms with E-state index >= 15 is 0 Å². The molecule has 0 spiro atoms. The maximum atomic E-state index is 13.1. The molecule has 2 aromatic carbocycles. The Kier molecular flexibility index (Phi) is 14.7. The third-order valence-corrected chi connectivity index (χ3v) is 10.1. The van der Waals surface area contributed by atoms with Crippen LogP contribution in [0.5, 0.6) is 5.75 Å². The number of benzene rings is 2. The smallest absolute Gasteiger partial charge is 0.263 e. The van der Waals surface area contributed by atoms with Gasteiger partial charge in [-0.1, -0.05) is 50.1 Å². The summed E-state index contributed by atoms with van der Waals surface area (Å²) in [6.45, 7) is 10.9. The topological polar surface area (TPSA) is 88.1 Å². The molecule has 1 fully saturated rings. The van der Waals surface area contributed by atoms with Gasteiger partial charge in [0, 0.05) is 55.0 Å². The van der Waals surface area contributed by atoms with Crippen molar-refractivity contribution in [1.82, 2.24) is 4.72 Å². The Bertz CT molecular complexity index is 1270. The lowest BCUT2D eigenvalue weighted by Gasteiger charge is -2.44. The summed E-state index contributed by atoms with van der Waals surface area (Å²) in [6, 6.07) is 11.8. The molecule has 2 aromatic rings. The Morgan fingerprint density at radius 3 is 2.61 bits per heavy atom. The lowest BCUT2D eigenvalue weighted by atomic mass is 9.66. The van der Waals surface area contributed by atoms with Crippen LogP contribution in [-0.4, -0.2) is 61.0 Å². The molecule has 0 saturated heterocycles. The second-order valence-corrected chi connectivity index (χ2v) is 14.1. The summed E-state index contributed by atoms with van der Waals surface area (Å²) >= 11 is 6.41. The van der Waals surface area contributed by atoms with Crippen molar-refractivity contribution < 1.29 is 23.6 Å². The largest absolute Gasteiger partial charge is 0.491 e. The van der Waals surface area contributed by atoms with Gasteiger partial charge in [0.2, 0.25) is 0 Å². The first kappa shape index (κ1) is 36.1. The normalized spacial score (nSPS) is 20.9. The molecule has 1 aliphatic carbocycles. The van der Waals surface area contributed by atoms with E-state index in [1.165, 1.54) is 17.5 Å². The lowest BCUT2D eigenvalue weighted by Crippen LogP contribution is -2.43. The van der Waals surface area contributed by atoms with E-state index in [0.717, 1.165) is 68.9 Å². The first-order valence-corrected chi connectivity index (χ1v) is 17.5. The van der Waals surface area contributed by atoms with Crippen LogP contribution in [0.2, 0.25) is 5.02 Å². The van der Waals surface area contributed by atoms with Crippen LogP contribution >= 0.6 is 11.6 Å². The van der Waals surface area contributed by atoms with E-state index in [-0.39, 0.29) is 17.1 Å². The number of carbonyl (C=O) groups excluding carboxylic acids is 1. The predicted octanol–water partition coefficient (Wildman–Crippen LogP) is 6.94. The number of methoxy groups -OCH3 is 1. The first-order chi connectivity index (χ1) is 21.2. The monoisotopic (exact) mass is 646 g/mol. The van der Waals surface area contributed by atoms with Crippen molar-refractivity contribution in [2.24, 2.45) is 17.8 Å². The van der Waals surface area contributed by atoms with Gasteiger partial charge in [-0.05, 0) is 92.8 Å². The molecule has 7 nitrogen and oxygen atoms in total. The van der Waals surface area contributed by atoms with Crippen LogP contribution in [0.25, 0.3) is 0 Å². The standard InChI is InChI=1S/C34H47ClN2O4S.CH4O/c1-6-8-10-27(21-40-5)31-14-11-26(31)19-37-20-28(30-15-13-29(35)17-24(30)9-7-2)22-41-33-16-12-25(18-32(33)37)34(38)36-42(39)23(3)4;1-2/h8,10,12-13,15-18,23,26-28,31H,6-7,9,11,14,19-22H2,1-5H3,(H,36,38);2H,1H3/b10-8+;. The van der Waals surface area contributed by atoms with Crippen LogP contribution < -0.4 is 14.4 Å². The van der Waals surface area contributed by atoms with E-state index in [0.29, 0.717) is 29.9 Å². The molecule has 0 bridgehead atoms. The van der Waals surface area contributed by atoms with Crippen molar-refractivity contribution in [1.29, 1.82) is 0 Å². The van der Waals surface area contributed by atoms with Crippen molar-refractivity contribution in [2.75, 3.05) is 45.4 Å². The summed E-state index contributed by atoms with van der Waals surface area (Å²) in [5.74, 6) is 2.03. The van der Waals surface area contributed by atoms with E-state index in [4.69, 9.17) is 26.2 Å². The van der Waals surface area contributed by atoms with E-state index in [9.17, 15) is 9.00 Å². The van der Waals surface area contributed by atoms with Gasteiger partial charge in [-0.2, -0.15) is 0 Å². The number of carbonyl (C=O) groups is 1. The lowest BCUT2D eigenvalue weighted by molar-refractivity contribution is 0.0688. The van der Waals surface area contributed by atoms with Gasteiger partial charge in [0.25, 0.3) is 5.91 Å². The molecule has 2 N–H and O–H groups in total. The molecule has 0 radical (unpaired) electrons. The summed E-state index contributed by atoms with van der Waals surface area (Å²) in [4.78, 5) is 15.5. The van der Waals surface area contributed by atoms with E-state index in [1.807, 2.05) is 32.0 Å². The van der Waals surface area contributed by atoms with E-state index in [2.05, 4.69) is 47.8 Å². The highest BCUT2D eigenvalue weighted by molar-refractivity contribution is 7.84. The number of nitrogens with one attached hydrogen (secondary N) is 1. The van der Waals surface area contributed by atoms with Crippen LogP contribution in [0.1, 0.15) is 80.8 Å². The summed E-state index contributed by atoms with van der Waals surface area (Å²) in [5, 5.41) is 7.59. The first-order valence-electron chi connectivity index (χ1n) is 15.9. The maximum Gasteiger partial charge on any atom is 0.263 e. The number of halogens is 1. The average Bonchev–Trinajstić information content (AvgIpc) is 3.18. The van der Waals surface area contributed by atoms with Gasteiger partial charge in [0.15, 0.2) is 0 Å². The van der Waals surface area contributed by atoms with Gasteiger partial charge < -0.3 is 19.5 Å². The molecule has 1 saturated carbocycles. The van der Waals surface area contributed by atoms with Crippen LogP contribution in [0, 0.1) is 17.8 Å². The summed E-state index contributed by atoms with van der Waals surface area (Å²) in [5.41, 5.74) is 3.95. The van der Waals surface area contributed by atoms with E-state index < -0.39 is 11.0 Å². The number of allylic oxidation sites excluding steroid dienone is 1. The molecule has 9 heteroatoms. The zero-order chi connectivity index (χ0) is 32.2. The second-order valence-electron chi connectivity index (χ2n) is 11.9. The Labute approximate surface area is 271 Å². The number of hydrogen-bond acceptors (Lipinski definition) is 6. The van der Waals surface area contributed by atoms with E-state index in [1.54, 1.807) is 13.2 Å². The van der Waals surface area contributed by atoms with Crippen LogP contribution in [0.4, 0.5) is 5.69 Å². The molecule has 5 unspecified atom stereocenters. The minimum atomic E-state index is -1.44. The zero-order valence-electron chi connectivity index (χ0n) is 27.2. The number of rotatable bonds is 13. The van der Waals surface area contributed by atoms with Gasteiger partial charge in [-0.15, -0.1) is 0 Å². The molecule has 5 atom stereocenters. The third kappa shape index (κ3) is 9.32. The molecule has 1 aliphatic heterocycles. The number of hydrogen-bond donors (Lipinski definition) is 2. The summed E-state index contributed by atoms with van der Waals surface area (Å²) < 4.78 is 27.1. The highest BCUT2D eigenvalue weighted by atomic mass is 35.5. The van der Waals surface area contributed by atoms with Gasteiger partial charge in [-0.25, -0.2) is 4.21 Å². The van der Waals surface area contributed by atoms with Crippen molar-refractivity contribution in [2.45, 2.75) is 71.0 Å². The summed E-state index contributed by atoms with van der Waals surface area (Å²) in [7, 11) is 1.34. The Balaban J connectivity index is 0.00000259. The quantitative estimate of drug-likeness (QED) is 0.229. The molecule has 1 heterocycles. The number of fused-ring (bicyclic) bond motifs is 1. The highest BCUT2D eigenvalue weighted by Crippen LogP contribution is 2.44. The molecular formula is C35H51ClN2O5S. The Morgan fingerprint density at radius 2 is 1.98 bits per heavy atom. The second kappa shape index (κ2) is 17.9. The van der Waals surface area contributed by atoms with Crippen molar-refractivity contribution in [3.63, 3.8) is 0 Å². The fourth-order valence-corrected chi connectivity index (χ4v) is 6.95. The number of nitrogens with zero attached hydrogens (tertiary/aromatic N) is 1. The van der Waals surface area contributed by atoms with Crippen molar-refractivity contribution in [3.05, 3.63) is 70.3 Å². The van der Waals surface area contributed by atoms with Gasteiger partial charge >= 0.3 is 0 Å². The third-order valence-electron chi connectivity index (χ3n) is 8.59. The molecule has 2 aliphatic rings. The van der Waals surface area contributed by atoms with Gasteiger partial charge in [-0.3, -0.25) is 9.52 Å². The Hall–Kier alpha value is -2.39. The van der Waals surface area contributed by atoms with Crippen LogP contribution in [0.3, 0.4) is 0 Å². The molecule has 44 heavy (non-hydrogen) atoms. The van der Waals surface area contributed by atoms with Crippen molar-refractivity contribution >= 4 is 34.2 Å². The molecule has 244 valence electrons.